The smallest absolute Gasteiger partial charge is 0.0772 e. The predicted octanol–water partition coefficient (Wildman–Crippen LogP) is 4.58. The third-order valence-corrected chi connectivity index (χ3v) is 3.93. The van der Waals surface area contributed by atoms with E-state index in [0.717, 1.165) is 21.4 Å². The first-order chi connectivity index (χ1) is 8.99. The highest BCUT2D eigenvalue weighted by atomic mass is 79.9. The fourth-order valence-corrected chi connectivity index (χ4v) is 2.68. The highest BCUT2D eigenvalue weighted by Gasteiger charge is 2.09. The van der Waals surface area contributed by atoms with Gasteiger partial charge in [0.1, 0.15) is 0 Å². The van der Waals surface area contributed by atoms with Crippen molar-refractivity contribution in [3.63, 3.8) is 0 Å². The van der Waals surface area contributed by atoms with Gasteiger partial charge in [0.15, 0.2) is 0 Å². The van der Waals surface area contributed by atoms with Crippen LogP contribution in [0.3, 0.4) is 0 Å². The second kappa shape index (κ2) is 5.76. The summed E-state index contributed by atoms with van der Waals surface area (Å²) in [7, 11) is 2.04. The van der Waals surface area contributed by atoms with Crippen molar-refractivity contribution in [2.75, 3.05) is 11.9 Å². The average molecular weight is 320 g/mol. The van der Waals surface area contributed by atoms with Gasteiger partial charge in [-0.2, -0.15) is 0 Å². The predicted molar refractivity (Wildman–Crippen MR) is 84.0 cm³/mol. The molecule has 3 heteroatoms. The quantitative estimate of drug-likeness (QED) is 0.895. The van der Waals surface area contributed by atoms with Gasteiger partial charge in [0.2, 0.25) is 0 Å². The minimum atomic E-state index is -0.465. The van der Waals surface area contributed by atoms with Gasteiger partial charge < -0.3 is 10.0 Å². The summed E-state index contributed by atoms with van der Waals surface area (Å²) in [6, 6.07) is 14.4. The van der Waals surface area contributed by atoms with E-state index >= 15 is 0 Å². The van der Waals surface area contributed by atoms with Crippen LogP contribution in [0, 0.1) is 6.92 Å². The van der Waals surface area contributed by atoms with Crippen LogP contribution in [0.15, 0.2) is 46.9 Å². The Morgan fingerprint density at radius 1 is 1.05 bits per heavy atom. The van der Waals surface area contributed by atoms with Crippen LogP contribution in [-0.2, 0) is 0 Å². The zero-order valence-corrected chi connectivity index (χ0v) is 13.0. The van der Waals surface area contributed by atoms with E-state index in [1.807, 2.05) is 25.2 Å². The molecule has 1 atom stereocenters. The van der Waals surface area contributed by atoms with Gasteiger partial charge in [-0.05, 0) is 43.7 Å². The van der Waals surface area contributed by atoms with E-state index in [4.69, 9.17) is 0 Å². The van der Waals surface area contributed by atoms with Crippen molar-refractivity contribution in [2.45, 2.75) is 20.0 Å². The molecule has 0 aliphatic heterocycles. The largest absolute Gasteiger partial charge is 0.389 e. The van der Waals surface area contributed by atoms with E-state index in [1.165, 1.54) is 5.56 Å². The molecule has 1 unspecified atom stereocenters. The Balaban J connectivity index is 2.31. The number of halogens is 1. The molecular weight excluding hydrogens is 302 g/mol. The Labute approximate surface area is 122 Å². The Bertz CT molecular complexity index is 563. The molecule has 0 radical (unpaired) electrons. The van der Waals surface area contributed by atoms with Gasteiger partial charge in [0.25, 0.3) is 0 Å². The van der Waals surface area contributed by atoms with Gasteiger partial charge in [-0.15, -0.1) is 0 Å². The topological polar surface area (TPSA) is 23.5 Å². The Kier molecular flexibility index (Phi) is 4.27. The van der Waals surface area contributed by atoms with Gasteiger partial charge >= 0.3 is 0 Å². The number of aliphatic hydroxyl groups excluding tert-OH is 1. The van der Waals surface area contributed by atoms with Crippen molar-refractivity contribution in [3.8, 4) is 0 Å². The van der Waals surface area contributed by atoms with Crippen molar-refractivity contribution < 1.29 is 5.11 Å². The number of benzene rings is 2. The zero-order valence-electron chi connectivity index (χ0n) is 11.4. The number of aliphatic hydroxyl groups is 1. The maximum Gasteiger partial charge on any atom is 0.0772 e. The Morgan fingerprint density at radius 2 is 1.63 bits per heavy atom. The fraction of sp³-hybridized carbons (Fsp3) is 0.250. The lowest BCUT2D eigenvalue weighted by Crippen LogP contribution is -2.09. The highest BCUT2D eigenvalue weighted by molar-refractivity contribution is 9.10. The number of hydrogen-bond acceptors (Lipinski definition) is 2. The summed E-state index contributed by atoms with van der Waals surface area (Å²) in [6.07, 6.45) is -0.465. The van der Waals surface area contributed by atoms with E-state index in [0.29, 0.717) is 0 Å². The van der Waals surface area contributed by atoms with Crippen molar-refractivity contribution in [3.05, 3.63) is 58.1 Å². The number of aryl methyl sites for hydroxylation is 1. The van der Waals surface area contributed by atoms with Crippen LogP contribution >= 0.6 is 15.9 Å². The number of hydrogen-bond donors (Lipinski definition) is 1. The number of nitrogens with zero attached hydrogens (tertiary/aromatic N) is 1. The van der Waals surface area contributed by atoms with E-state index < -0.39 is 6.10 Å². The third kappa shape index (κ3) is 3.17. The van der Waals surface area contributed by atoms with Gasteiger partial charge in [-0.1, -0.05) is 39.7 Å². The minimum Gasteiger partial charge on any atom is -0.389 e. The molecule has 2 aromatic carbocycles. The summed E-state index contributed by atoms with van der Waals surface area (Å²) in [6.45, 7) is 3.85. The van der Waals surface area contributed by atoms with E-state index in [9.17, 15) is 5.11 Å². The van der Waals surface area contributed by atoms with E-state index in [-0.39, 0.29) is 0 Å². The van der Waals surface area contributed by atoms with Crippen LogP contribution in [0.4, 0.5) is 11.4 Å². The summed E-state index contributed by atoms with van der Waals surface area (Å²) in [5, 5.41) is 9.64. The van der Waals surface area contributed by atoms with Crippen LogP contribution in [0.25, 0.3) is 0 Å². The standard InChI is InChI=1S/C16H18BrNO/c1-11-4-6-13(7-5-11)18(3)14-8-9-15(12(2)19)16(17)10-14/h4-10,12,19H,1-3H3. The summed E-state index contributed by atoms with van der Waals surface area (Å²) in [5.41, 5.74) is 4.38. The fourth-order valence-electron chi connectivity index (χ4n) is 1.98. The molecule has 2 rings (SSSR count). The minimum absolute atomic E-state index is 0.465. The van der Waals surface area contributed by atoms with Crippen molar-refractivity contribution in [1.29, 1.82) is 0 Å². The zero-order chi connectivity index (χ0) is 14.0. The molecule has 0 fully saturated rings. The van der Waals surface area contributed by atoms with Gasteiger partial charge in [0, 0.05) is 22.9 Å². The van der Waals surface area contributed by atoms with Crippen LogP contribution < -0.4 is 4.90 Å². The molecule has 1 N–H and O–H groups in total. The first-order valence-electron chi connectivity index (χ1n) is 6.27. The Morgan fingerprint density at radius 3 is 2.16 bits per heavy atom. The lowest BCUT2D eigenvalue weighted by Gasteiger charge is -2.21. The lowest BCUT2D eigenvalue weighted by atomic mass is 10.1. The van der Waals surface area contributed by atoms with Crippen LogP contribution in [0.1, 0.15) is 24.2 Å². The molecule has 0 saturated carbocycles. The van der Waals surface area contributed by atoms with Gasteiger partial charge in [0.05, 0.1) is 6.10 Å². The van der Waals surface area contributed by atoms with Gasteiger partial charge in [-0.3, -0.25) is 0 Å². The molecule has 2 aromatic rings. The molecule has 2 nitrogen and oxygen atoms in total. The molecule has 0 aliphatic carbocycles. The van der Waals surface area contributed by atoms with Gasteiger partial charge in [-0.25, -0.2) is 0 Å². The summed E-state index contributed by atoms with van der Waals surface area (Å²) >= 11 is 3.51. The summed E-state index contributed by atoms with van der Waals surface area (Å²) < 4.78 is 0.930. The monoisotopic (exact) mass is 319 g/mol. The van der Waals surface area contributed by atoms with Crippen LogP contribution in [0.2, 0.25) is 0 Å². The Hall–Kier alpha value is -1.32. The maximum absolute atomic E-state index is 9.64. The number of anilines is 2. The molecule has 0 aliphatic rings. The maximum atomic E-state index is 9.64. The van der Waals surface area contributed by atoms with Crippen LogP contribution in [-0.4, -0.2) is 12.2 Å². The molecule has 0 amide bonds. The molecule has 0 bridgehead atoms. The lowest BCUT2D eigenvalue weighted by molar-refractivity contribution is 0.198. The molecule has 0 heterocycles. The molecular formula is C16H18BrNO. The van der Waals surface area contributed by atoms with Crippen molar-refractivity contribution >= 4 is 27.3 Å². The second-order valence-corrected chi connectivity index (χ2v) is 5.63. The van der Waals surface area contributed by atoms with Crippen molar-refractivity contribution in [1.82, 2.24) is 0 Å². The summed E-state index contributed by atoms with van der Waals surface area (Å²) in [5.74, 6) is 0. The molecule has 0 aromatic heterocycles. The number of rotatable bonds is 3. The third-order valence-electron chi connectivity index (χ3n) is 3.24. The van der Waals surface area contributed by atoms with Crippen LogP contribution in [0.5, 0.6) is 0 Å². The molecule has 0 saturated heterocycles. The first kappa shape index (κ1) is 14.1. The highest BCUT2D eigenvalue weighted by Crippen LogP contribution is 2.31. The first-order valence-corrected chi connectivity index (χ1v) is 7.06. The SMILES string of the molecule is Cc1ccc(N(C)c2ccc(C(C)O)c(Br)c2)cc1. The molecule has 100 valence electrons. The molecule has 19 heavy (non-hydrogen) atoms. The average Bonchev–Trinajstić information content (AvgIpc) is 2.38. The normalized spacial score (nSPS) is 12.3. The van der Waals surface area contributed by atoms with E-state index in [1.54, 1.807) is 6.92 Å². The van der Waals surface area contributed by atoms with E-state index in [2.05, 4.69) is 52.0 Å². The van der Waals surface area contributed by atoms with Crippen molar-refractivity contribution in [2.24, 2.45) is 0 Å². The summed E-state index contributed by atoms with van der Waals surface area (Å²) in [4.78, 5) is 2.12. The second-order valence-electron chi connectivity index (χ2n) is 4.78. The molecule has 0 spiro atoms.